The molecule has 3 nitrogen and oxygen atoms in total. The molecular weight excluding hydrogens is 386 g/mol. The summed E-state index contributed by atoms with van der Waals surface area (Å²) in [7, 11) is 0. The third kappa shape index (κ3) is 4.18. The van der Waals surface area contributed by atoms with Crippen molar-refractivity contribution in [2.75, 3.05) is 5.73 Å². The molecule has 1 atom stereocenters. The number of aromatic nitrogens is 1. The summed E-state index contributed by atoms with van der Waals surface area (Å²) in [5.74, 6) is 0.0655. The molecule has 3 rings (SSSR count). The summed E-state index contributed by atoms with van der Waals surface area (Å²) in [6, 6.07) is 10.7. The average molecular weight is 405 g/mol. The number of pyridine rings is 1. The van der Waals surface area contributed by atoms with Crippen LogP contribution < -0.4 is 10.5 Å². The van der Waals surface area contributed by atoms with Gasteiger partial charge >= 0.3 is 0 Å². The second kappa shape index (κ2) is 7.75. The largest absolute Gasteiger partial charge is 0.482 e. The van der Waals surface area contributed by atoms with E-state index in [2.05, 4.69) is 23.2 Å². The van der Waals surface area contributed by atoms with Gasteiger partial charge in [0.1, 0.15) is 11.9 Å². The molecule has 140 valence electrons. The zero-order valence-corrected chi connectivity index (χ0v) is 16.7. The normalized spacial score (nSPS) is 12.1. The molecule has 0 saturated carbocycles. The molecular formula is C21H19Cl2FN2O. The molecule has 1 heterocycles. The maximum Gasteiger partial charge on any atom is 0.166 e. The van der Waals surface area contributed by atoms with Crippen LogP contribution in [0.5, 0.6) is 5.75 Å². The summed E-state index contributed by atoms with van der Waals surface area (Å²) >= 11 is 12.3. The number of anilines is 1. The van der Waals surface area contributed by atoms with Gasteiger partial charge in [-0.15, -0.1) is 0 Å². The minimum atomic E-state index is -0.612. The number of benzene rings is 2. The van der Waals surface area contributed by atoms with Gasteiger partial charge in [0.25, 0.3) is 0 Å². The lowest BCUT2D eigenvalue weighted by Crippen LogP contribution is -2.08. The van der Waals surface area contributed by atoms with Crippen LogP contribution in [0.2, 0.25) is 10.0 Å². The van der Waals surface area contributed by atoms with E-state index in [9.17, 15) is 4.39 Å². The first kappa shape index (κ1) is 19.5. The Labute approximate surface area is 167 Å². The maximum atomic E-state index is 13.8. The van der Waals surface area contributed by atoms with Gasteiger partial charge < -0.3 is 10.5 Å². The van der Waals surface area contributed by atoms with Gasteiger partial charge in [0.05, 0.1) is 5.02 Å². The van der Waals surface area contributed by atoms with E-state index in [0.29, 0.717) is 16.3 Å². The van der Waals surface area contributed by atoms with Crippen molar-refractivity contribution in [2.45, 2.75) is 26.9 Å². The first-order valence-electron chi connectivity index (χ1n) is 8.40. The molecule has 0 spiro atoms. The summed E-state index contributed by atoms with van der Waals surface area (Å²) < 4.78 is 19.8. The van der Waals surface area contributed by atoms with Gasteiger partial charge in [-0.05, 0) is 44.5 Å². The number of aryl methyl sites for hydroxylation is 2. The molecule has 0 aliphatic rings. The minimum absolute atomic E-state index is 0.0630. The predicted molar refractivity (Wildman–Crippen MR) is 109 cm³/mol. The summed E-state index contributed by atoms with van der Waals surface area (Å²) in [6.45, 7) is 5.80. The number of ether oxygens (including phenoxy) is 1. The standard InChI is InChI=1S/C21H19Cl2FN2O/c1-11-6-12(2)8-14(7-11)15-9-18(21(25)26-10-15)27-13(3)19-16(22)4-5-17(24)20(19)23/h4-10,13H,1-3H3,(H2,25,26). The molecule has 0 saturated heterocycles. The van der Waals surface area contributed by atoms with Gasteiger partial charge in [-0.25, -0.2) is 9.37 Å². The van der Waals surface area contributed by atoms with Gasteiger partial charge in [0.2, 0.25) is 0 Å². The molecule has 0 aliphatic heterocycles. The molecule has 0 radical (unpaired) electrons. The summed E-state index contributed by atoms with van der Waals surface area (Å²) in [6.07, 6.45) is 1.09. The van der Waals surface area contributed by atoms with Gasteiger partial charge in [-0.1, -0.05) is 52.5 Å². The average Bonchev–Trinajstić information content (AvgIpc) is 2.59. The smallest absolute Gasteiger partial charge is 0.166 e. The summed E-state index contributed by atoms with van der Waals surface area (Å²) in [5.41, 5.74) is 10.5. The highest BCUT2D eigenvalue weighted by atomic mass is 35.5. The molecule has 3 aromatic rings. The van der Waals surface area contributed by atoms with Crippen LogP contribution in [-0.4, -0.2) is 4.98 Å². The minimum Gasteiger partial charge on any atom is -0.482 e. The topological polar surface area (TPSA) is 48.1 Å². The van der Waals surface area contributed by atoms with E-state index >= 15 is 0 Å². The summed E-state index contributed by atoms with van der Waals surface area (Å²) in [5, 5.41) is 0.262. The molecule has 2 aromatic carbocycles. The maximum absolute atomic E-state index is 13.8. The number of nitrogen functional groups attached to an aromatic ring is 1. The van der Waals surface area contributed by atoms with Crippen molar-refractivity contribution in [3.8, 4) is 16.9 Å². The van der Waals surface area contributed by atoms with Crippen molar-refractivity contribution in [2.24, 2.45) is 0 Å². The Hall–Kier alpha value is -2.30. The molecule has 1 aromatic heterocycles. The van der Waals surface area contributed by atoms with Crippen molar-refractivity contribution in [1.29, 1.82) is 0 Å². The highest BCUT2D eigenvalue weighted by Crippen LogP contribution is 2.37. The fourth-order valence-corrected chi connectivity index (χ4v) is 3.69. The van der Waals surface area contributed by atoms with Gasteiger partial charge in [-0.2, -0.15) is 0 Å². The monoisotopic (exact) mass is 404 g/mol. The van der Waals surface area contributed by atoms with Gasteiger partial charge in [0.15, 0.2) is 11.6 Å². The van der Waals surface area contributed by atoms with Gasteiger partial charge in [-0.3, -0.25) is 0 Å². The highest BCUT2D eigenvalue weighted by Gasteiger charge is 2.20. The van der Waals surface area contributed by atoms with Crippen LogP contribution in [0.25, 0.3) is 11.1 Å². The van der Waals surface area contributed by atoms with Crippen LogP contribution in [0.15, 0.2) is 42.6 Å². The number of nitrogens with zero attached hydrogens (tertiary/aromatic N) is 1. The van der Waals surface area contributed by atoms with Crippen molar-refractivity contribution in [3.05, 3.63) is 75.1 Å². The lowest BCUT2D eigenvalue weighted by molar-refractivity contribution is 0.227. The van der Waals surface area contributed by atoms with E-state index in [-0.39, 0.29) is 10.8 Å². The van der Waals surface area contributed by atoms with Gasteiger partial charge in [0, 0.05) is 22.3 Å². The zero-order valence-electron chi connectivity index (χ0n) is 15.2. The second-order valence-electron chi connectivity index (χ2n) is 6.50. The molecule has 2 N–H and O–H groups in total. The van der Waals surface area contributed by atoms with E-state index < -0.39 is 11.9 Å². The van der Waals surface area contributed by atoms with Crippen LogP contribution in [0.3, 0.4) is 0 Å². The Kier molecular flexibility index (Phi) is 5.59. The van der Waals surface area contributed by atoms with Crippen LogP contribution in [-0.2, 0) is 0 Å². The number of hydrogen-bond acceptors (Lipinski definition) is 3. The number of nitrogens with two attached hydrogens (primary N) is 1. The van der Waals surface area contributed by atoms with Crippen molar-refractivity contribution in [3.63, 3.8) is 0 Å². The molecule has 0 amide bonds. The Morgan fingerprint density at radius 1 is 1.04 bits per heavy atom. The molecule has 0 aliphatic carbocycles. The van der Waals surface area contributed by atoms with Crippen molar-refractivity contribution < 1.29 is 9.13 Å². The van der Waals surface area contributed by atoms with Crippen LogP contribution in [0, 0.1) is 19.7 Å². The third-order valence-electron chi connectivity index (χ3n) is 4.23. The number of rotatable bonds is 4. The van der Waals surface area contributed by atoms with E-state index in [1.54, 1.807) is 13.1 Å². The molecule has 0 bridgehead atoms. The Balaban J connectivity index is 1.97. The quantitative estimate of drug-likeness (QED) is 0.502. The molecule has 1 unspecified atom stereocenters. The van der Waals surface area contributed by atoms with Crippen molar-refractivity contribution >= 4 is 29.0 Å². The number of halogens is 3. The SMILES string of the molecule is Cc1cc(C)cc(-c2cnc(N)c(OC(C)c3c(Cl)ccc(F)c3Cl)c2)c1. The van der Waals surface area contributed by atoms with E-state index in [1.165, 1.54) is 12.1 Å². The highest BCUT2D eigenvalue weighted by molar-refractivity contribution is 6.36. The fourth-order valence-electron chi connectivity index (χ4n) is 3.01. The van der Waals surface area contributed by atoms with Crippen LogP contribution >= 0.6 is 23.2 Å². The fraction of sp³-hybridized carbons (Fsp3) is 0.190. The Bertz CT molecular complexity index is 987. The molecule has 6 heteroatoms. The lowest BCUT2D eigenvalue weighted by Gasteiger charge is -2.19. The second-order valence-corrected chi connectivity index (χ2v) is 7.29. The predicted octanol–water partition coefficient (Wildman–Crippen LogP) is 6.53. The van der Waals surface area contributed by atoms with Crippen LogP contribution in [0.4, 0.5) is 10.2 Å². The lowest BCUT2D eigenvalue weighted by atomic mass is 10.0. The Morgan fingerprint density at radius 3 is 2.37 bits per heavy atom. The number of hydrogen-bond donors (Lipinski definition) is 1. The zero-order chi connectivity index (χ0) is 19.7. The first-order chi connectivity index (χ1) is 12.8. The van der Waals surface area contributed by atoms with E-state index in [1.807, 2.05) is 19.9 Å². The molecule has 0 fully saturated rings. The third-order valence-corrected chi connectivity index (χ3v) is 4.94. The first-order valence-corrected chi connectivity index (χ1v) is 9.16. The Morgan fingerprint density at radius 2 is 1.70 bits per heavy atom. The summed E-state index contributed by atoms with van der Waals surface area (Å²) in [4.78, 5) is 4.24. The van der Waals surface area contributed by atoms with E-state index in [0.717, 1.165) is 22.3 Å². The molecule has 27 heavy (non-hydrogen) atoms. The van der Waals surface area contributed by atoms with Crippen LogP contribution in [0.1, 0.15) is 29.7 Å². The van der Waals surface area contributed by atoms with Crippen molar-refractivity contribution in [1.82, 2.24) is 4.98 Å². The van der Waals surface area contributed by atoms with E-state index in [4.69, 9.17) is 33.7 Å².